The summed E-state index contributed by atoms with van der Waals surface area (Å²) in [6, 6.07) is 13.0. The molecule has 0 saturated carbocycles. The van der Waals surface area contributed by atoms with Crippen molar-refractivity contribution in [2.45, 2.75) is 20.4 Å². The van der Waals surface area contributed by atoms with E-state index >= 15 is 0 Å². The van der Waals surface area contributed by atoms with E-state index in [0.29, 0.717) is 22.5 Å². The van der Waals surface area contributed by atoms with Crippen LogP contribution in [0.1, 0.15) is 17.0 Å². The SMILES string of the molecule is Cc1cccc(-c2noc(CNC(=O)COc3ccc(Cl)cc3C)n2)c1. The Hall–Kier alpha value is -2.86. The Bertz CT molecular complexity index is 924. The molecule has 3 aromatic rings. The number of hydrogen-bond acceptors (Lipinski definition) is 5. The highest BCUT2D eigenvalue weighted by Gasteiger charge is 2.11. The van der Waals surface area contributed by atoms with Crippen LogP contribution in [-0.2, 0) is 11.3 Å². The normalized spacial score (nSPS) is 10.6. The van der Waals surface area contributed by atoms with Gasteiger partial charge in [-0.05, 0) is 43.7 Å². The van der Waals surface area contributed by atoms with Crippen LogP contribution in [0.2, 0.25) is 5.02 Å². The zero-order chi connectivity index (χ0) is 18.5. The van der Waals surface area contributed by atoms with E-state index in [9.17, 15) is 4.79 Å². The van der Waals surface area contributed by atoms with Gasteiger partial charge in [-0.2, -0.15) is 4.98 Å². The van der Waals surface area contributed by atoms with Crippen molar-refractivity contribution in [2.24, 2.45) is 0 Å². The summed E-state index contributed by atoms with van der Waals surface area (Å²) in [7, 11) is 0. The molecule has 0 atom stereocenters. The minimum atomic E-state index is -0.283. The summed E-state index contributed by atoms with van der Waals surface area (Å²) in [4.78, 5) is 16.2. The Morgan fingerprint density at radius 1 is 1.23 bits per heavy atom. The van der Waals surface area contributed by atoms with Gasteiger partial charge < -0.3 is 14.6 Å². The van der Waals surface area contributed by atoms with Crippen LogP contribution in [-0.4, -0.2) is 22.7 Å². The number of aryl methyl sites for hydroxylation is 2. The van der Waals surface area contributed by atoms with Gasteiger partial charge >= 0.3 is 0 Å². The van der Waals surface area contributed by atoms with Gasteiger partial charge in [0.15, 0.2) is 6.61 Å². The summed E-state index contributed by atoms with van der Waals surface area (Å²) in [5.74, 6) is 1.15. The maximum Gasteiger partial charge on any atom is 0.258 e. The van der Waals surface area contributed by atoms with Gasteiger partial charge in [0.25, 0.3) is 5.91 Å². The Morgan fingerprint density at radius 3 is 2.85 bits per heavy atom. The van der Waals surface area contributed by atoms with E-state index < -0.39 is 0 Å². The number of hydrogen-bond donors (Lipinski definition) is 1. The predicted octanol–water partition coefficient (Wildman–Crippen LogP) is 3.70. The van der Waals surface area contributed by atoms with Crippen LogP contribution < -0.4 is 10.1 Å². The molecular weight excluding hydrogens is 354 g/mol. The fraction of sp³-hybridized carbons (Fsp3) is 0.211. The minimum absolute atomic E-state index is 0.110. The molecule has 1 aromatic heterocycles. The highest BCUT2D eigenvalue weighted by atomic mass is 35.5. The molecule has 26 heavy (non-hydrogen) atoms. The number of nitrogens with zero attached hydrogens (tertiary/aromatic N) is 2. The maximum absolute atomic E-state index is 11.9. The zero-order valence-electron chi connectivity index (χ0n) is 14.5. The molecule has 0 aliphatic carbocycles. The van der Waals surface area contributed by atoms with Gasteiger partial charge in [-0.15, -0.1) is 0 Å². The second kappa shape index (κ2) is 8.01. The molecule has 0 aliphatic heterocycles. The van der Waals surface area contributed by atoms with Crippen molar-refractivity contribution in [1.29, 1.82) is 0 Å². The topological polar surface area (TPSA) is 77.2 Å². The van der Waals surface area contributed by atoms with Crippen LogP contribution in [0, 0.1) is 13.8 Å². The molecule has 134 valence electrons. The summed E-state index contributed by atoms with van der Waals surface area (Å²) in [5.41, 5.74) is 2.84. The first-order valence-corrected chi connectivity index (χ1v) is 8.44. The molecule has 1 amide bonds. The smallest absolute Gasteiger partial charge is 0.258 e. The molecule has 0 radical (unpaired) electrons. The van der Waals surface area contributed by atoms with Gasteiger partial charge in [0.1, 0.15) is 5.75 Å². The van der Waals surface area contributed by atoms with Crippen LogP contribution in [0.25, 0.3) is 11.4 Å². The standard InChI is InChI=1S/C19H18ClN3O3/c1-12-4-3-5-14(8-12)19-22-18(26-23-19)10-21-17(24)11-25-16-7-6-15(20)9-13(16)2/h3-9H,10-11H2,1-2H3,(H,21,24). The first kappa shape index (κ1) is 17.9. The third kappa shape index (κ3) is 4.61. The zero-order valence-corrected chi connectivity index (χ0v) is 15.2. The largest absolute Gasteiger partial charge is 0.484 e. The number of ether oxygens (including phenoxy) is 1. The number of amides is 1. The average Bonchev–Trinajstić information content (AvgIpc) is 3.08. The molecule has 2 aromatic carbocycles. The van der Waals surface area contributed by atoms with Crippen molar-refractivity contribution in [2.75, 3.05) is 6.61 Å². The van der Waals surface area contributed by atoms with Crippen LogP contribution in [0.3, 0.4) is 0 Å². The van der Waals surface area contributed by atoms with E-state index in [1.807, 2.05) is 38.1 Å². The number of halogens is 1. The Labute approximate surface area is 156 Å². The van der Waals surface area contributed by atoms with Crippen molar-refractivity contribution < 1.29 is 14.1 Å². The molecule has 0 aliphatic rings. The van der Waals surface area contributed by atoms with Crippen LogP contribution in [0.15, 0.2) is 47.0 Å². The highest BCUT2D eigenvalue weighted by Crippen LogP contribution is 2.21. The highest BCUT2D eigenvalue weighted by molar-refractivity contribution is 6.30. The molecule has 3 rings (SSSR count). The summed E-state index contributed by atoms with van der Waals surface area (Å²) in [5, 5.41) is 7.25. The number of carbonyl (C=O) groups is 1. The number of nitrogens with one attached hydrogen (secondary N) is 1. The van der Waals surface area contributed by atoms with Gasteiger partial charge in [0.2, 0.25) is 11.7 Å². The molecule has 7 heteroatoms. The molecule has 0 fully saturated rings. The van der Waals surface area contributed by atoms with Gasteiger partial charge in [-0.1, -0.05) is 40.5 Å². The van der Waals surface area contributed by atoms with E-state index in [1.54, 1.807) is 18.2 Å². The number of rotatable bonds is 6. The first-order chi connectivity index (χ1) is 12.5. The fourth-order valence-electron chi connectivity index (χ4n) is 2.37. The molecule has 0 saturated heterocycles. The predicted molar refractivity (Wildman–Crippen MR) is 98.0 cm³/mol. The lowest BCUT2D eigenvalue weighted by molar-refractivity contribution is -0.123. The van der Waals surface area contributed by atoms with E-state index in [4.69, 9.17) is 20.9 Å². The molecule has 0 unspecified atom stereocenters. The van der Waals surface area contributed by atoms with E-state index in [2.05, 4.69) is 15.5 Å². The summed E-state index contributed by atoms with van der Waals surface area (Å²) in [6.07, 6.45) is 0. The van der Waals surface area contributed by atoms with Gasteiger partial charge in [-0.25, -0.2) is 0 Å². The number of aromatic nitrogens is 2. The van der Waals surface area contributed by atoms with Crippen molar-refractivity contribution in [3.05, 3.63) is 64.5 Å². The van der Waals surface area contributed by atoms with Crippen molar-refractivity contribution in [3.8, 4) is 17.1 Å². The molecular formula is C19H18ClN3O3. The van der Waals surface area contributed by atoms with Gasteiger partial charge in [0.05, 0.1) is 6.54 Å². The fourth-order valence-corrected chi connectivity index (χ4v) is 2.60. The first-order valence-electron chi connectivity index (χ1n) is 8.06. The minimum Gasteiger partial charge on any atom is -0.484 e. The quantitative estimate of drug-likeness (QED) is 0.714. The van der Waals surface area contributed by atoms with Crippen LogP contribution >= 0.6 is 11.6 Å². The summed E-state index contributed by atoms with van der Waals surface area (Å²) >= 11 is 5.89. The van der Waals surface area contributed by atoms with Crippen molar-refractivity contribution in [1.82, 2.24) is 15.5 Å². The van der Waals surface area contributed by atoms with Crippen LogP contribution in [0.4, 0.5) is 0 Å². The van der Waals surface area contributed by atoms with E-state index in [0.717, 1.165) is 16.7 Å². The average molecular weight is 372 g/mol. The second-order valence-electron chi connectivity index (χ2n) is 5.86. The van der Waals surface area contributed by atoms with Gasteiger partial charge in [0, 0.05) is 10.6 Å². The lowest BCUT2D eigenvalue weighted by Crippen LogP contribution is -2.28. The second-order valence-corrected chi connectivity index (χ2v) is 6.29. The molecule has 0 spiro atoms. The molecule has 0 bridgehead atoms. The van der Waals surface area contributed by atoms with Crippen LogP contribution in [0.5, 0.6) is 5.75 Å². The van der Waals surface area contributed by atoms with E-state index in [-0.39, 0.29) is 19.1 Å². The Morgan fingerprint density at radius 2 is 2.08 bits per heavy atom. The lowest BCUT2D eigenvalue weighted by atomic mass is 10.1. The monoisotopic (exact) mass is 371 g/mol. The Balaban J connectivity index is 1.52. The third-order valence-electron chi connectivity index (χ3n) is 3.68. The van der Waals surface area contributed by atoms with Crippen molar-refractivity contribution >= 4 is 17.5 Å². The molecule has 6 nitrogen and oxygen atoms in total. The van der Waals surface area contributed by atoms with Crippen molar-refractivity contribution in [3.63, 3.8) is 0 Å². The van der Waals surface area contributed by atoms with Gasteiger partial charge in [-0.3, -0.25) is 4.79 Å². The lowest BCUT2D eigenvalue weighted by Gasteiger charge is -2.09. The summed E-state index contributed by atoms with van der Waals surface area (Å²) in [6.45, 7) is 3.89. The van der Waals surface area contributed by atoms with E-state index in [1.165, 1.54) is 0 Å². The third-order valence-corrected chi connectivity index (χ3v) is 3.91. The molecule has 1 N–H and O–H groups in total. The Kier molecular flexibility index (Phi) is 5.53. The maximum atomic E-state index is 11.9. The molecule has 1 heterocycles. The number of carbonyl (C=O) groups excluding carboxylic acids is 1. The summed E-state index contributed by atoms with van der Waals surface area (Å²) < 4.78 is 10.7. The number of benzene rings is 2.